The van der Waals surface area contributed by atoms with Crippen molar-refractivity contribution in [3.8, 4) is 11.5 Å². The monoisotopic (exact) mass is 406 g/mol. The number of ether oxygens (including phenoxy) is 3. The van der Waals surface area contributed by atoms with Crippen LogP contribution in [0.3, 0.4) is 0 Å². The van der Waals surface area contributed by atoms with Crippen LogP contribution in [0.2, 0.25) is 0 Å². The number of hydrogen-bond donors (Lipinski definition) is 0. The minimum atomic E-state index is -0.448. The Morgan fingerprint density at radius 1 is 0.967 bits per heavy atom. The van der Waals surface area contributed by atoms with Crippen LogP contribution in [-0.4, -0.2) is 25.2 Å². The average Bonchev–Trinajstić information content (AvgIpc) is 2.99. The van der Waals surface area contributed by atoms with Gasteiger partial charge in [0.05, 0.1) is 13.0 Å². The number of methoxy groups -OCH3 is 1. The molecule has 5 rings (SSSR count). The molecule has 30 heavy (non-hydrogen) atoms. The summed E-state index contributed by atoms with van der Waals surface area (Å²) in [5.41, 5.74) is 0.526. The van der Waals surface area contributed by atoms with Gasteiger partial charge in [0.25, 0.3) is 0 Å². The van der Waals surface area contributed by atoms with Crippen molar-refractivity contribution in [2.45, 2.75) is 44.1 Å². The number of hydrogen-bond acceptors (Lipinski definition) is 5. The summed E-state index contributed by atoms with van der Waals surface area (Å²) in [5, 5.41) is 0. The Bertz CT molecular complexity index is 947. The fourth-order valence-corrected chi connectivity index (χ4v) is 6.05. The van der Waals surface area contributed by atoms with E-state index in [9.17, 15) is 9.59 Å². The van der Waals surface area contributed by atoms with Gasteiger partial charge in [-0.2, -0.15) is 0 Å². The molecule has 0 N–H and O–H groups in total. The van der Waals surface area contributed by atoms with E-state index in [1.54, 1.807) is 19.2 Å². The highest BCUT2D eigenvalue weighted by molar-refractivity contribution is 5.87. The molecule has 2 aromatic carbocycles. The maximum atomic E-state index is 13.7. The molecular formula is C25H26O5. The topological polar surface area (TPSA) is 61.8 Å². The molecule has 0 amide bonds. The zero-order valence-electron chi connectivity index (χ0n) is 17.1. The van der Waals surface area contributed by atoms with Crippen LogP contribution >= 0.6 is 0 Å². The molecule has 2 aliphatic carbocycles. The molecule has 0 radical (unpaired) electrons. The Balaban J connectivity index is 1.61. The van der Waals surface area contributed by atoms with Gasteiger partial charge in [-0.1, -0.05) is 55.7 Å². The van der Waals surface area contributed by atoms with Crippen LogP contribution in [0.5, 0.6) is 11.5 Å². The van der Waals surface area contributed by atoms with Crippen molar-refractivity contribution in [3.63, 3.8) is 0 Å². The van der Waals surface area contributed by atoms with Gasteiger partial charge in [-0.05, 0) is 36.6 Å². The Morgan fingerprint density at radius 3 is 2.37 bits per heavy atom. The van der Waals surface area contributed by atoms with Crippen molar-refractivity contribution in [1.29, 1.82) is 0 Å². The van der Waals surface area contributed by atoms with E-state index in [2.05, 4.69) is 0 Å². The first-order valence-electron chi connectivity index (χ1n) is 10.8. The van der Waals surface area contributed by atoms with Crippen molar-refractivity contribution in [1.82, 2.24) is 0 Å². The number of para-hydroxylation sites is 2. The Labute approximate surface area is 176 Å². The molecule has 2 saturated carbocycles. The van der Waals surface area contributed by atoms with Gasteiger partial charge < -0.3 is 14.2 Å². The molecule has 0 unspecified atom stereocenters. The number of carbonyl (C=O) groups excluding carboxylic acids is 2. The van der Waals surface area contributed by atoms with Gasteiger partial charge in [-0.25, -0.2) is 0 Å². The lowest BCUT2D eigenvalue weighted by molar-refractivity contribution is -0.196. The third-order valence-electron chi connectivity index (χ3n) is 7.27. The summed E-state index contributed by atoms with van der Waals surface area (Å²) in [6.45, 7) is 0. The second-order valence-electron chi connectivity index (χ2n) is 8.66. The maximum absolute atomic E-state index is 13.7. The summed E-state index contributed by atoms with van der Waals surface area (Å²) in [6.07, 6.45) is 4.74. The van der Waals surface area contributed by atoms with Crippen molar-refractivity contribution >= 4 is 11.9 Å². The van der Waals surface area contributed by atoms with E-state index in [4.69, 9.17) is 14.2 Å². The molecule has 1 aliphatic heterocycles. The first-order chi connectivity index (χ1) is 14.7. The second-order valence-corrected chi connectivity index (χ2v) is 8.66. The van der Waals surface area contributed by atoms with Gasteiger partial charge in [0.1, 0.15) is 23.5 Å². The van der Waals surface area contributed by atoms with Gasteiger partial charge in [-0.3, -0.25) is 9.59 Å². The summed E-state index contributed by atoms with van der Waals surface area (Å²) in [7, 11) is 1.62. The summed E-state index contributed by atoms with van der Waals surface area (Å²) in [6, 6.07) is 16.9. The number of carbonyl (C=O) groups is 2. The van der Waals surface area contributed by atoms with Crippen molar-refractivity contribution < 1.29 is 23.8 Å². The van der Waals surface area contributed by atoms with Gasteiger partial charge in [0.2, 0.25) is 0 Å². The number of esters is 2. The fourth-order valence-electron chi connectivity index (χ4n) is 6.05. The maximum Gasteiger partial charge on any atom is 0.315 e. The number of rotatable bonds is 4. The van der Waals surface area contributed by atoms with Gasteiger partial charge in [-0.15, -0.1) is 0 Å². The van der Waals surface area contributed by atoms with Crippen LogP contribution in [0.1, 0.15) is 43.6 Å². The SMILES string of the molecule is COc1ccccc1[C@@H]1[C@H]2C(=O)O[C@H]2C2(CCCCC2)[C@@H]1C(=O)Oc1ccccc1. The summed E-state index contributed by atoms with van der Waals surface area (Å²) in [4.78, 5) is 26.3. The fraction of sp³-hybridized carbons (Fsp3) is 0.440. The van der Waals surface area contributed by atoms with E-state index in [0.717, 1.165) is 37.7 Å². The van der Waals surface area contributed by atoms with E-state index in [1.165, 1.54) is 0 Å². The number of benzene rings is 2. The molecule has 1 saturated heterocycles. The molecular weight excluding hydrogens is 380 g/mol. The molecule has 1 spiro atoms. The van der Waals surface area contributed by atoms with E-state index in [1.807, 2.05) is 42.5 Å². The first-order valence-corrected chi connectivity index (χ1v) is 10.8. The zero-order chi connectivity index (χ0) is 20.7. The zero-order valence-corrected chi connectivity index (χ0v) is 17.1. The largest absolute Gasteiger partial charge is 0.496 e. The molecule has 5 nitrogen and oxygen atoms in total. The smallest absolute Gasteiger partial charge is 0.315 e. The predicted molar refractivity (Wildman–Crippen MR) is 110 cm³/mol. The lowest BCUT2D eigenvalue weighted by Crippen LogP contribution is -2.52. The first kappa shape index (κ1) is 19.2. The predicted octanol–water partition coefficient (Wildman–Crippen LogP) is 4.51. The van der Waals surface area contributed by atoms with E-state index < -0.39 is 5.92 Å². The van der Waals surface area contributed by atoms with E-state index in [-0.39, 0.29) is 35.3 Å². The van der Waals surface area contributed by atoms with Crippen molar-refractivity contribution in [2.75, 3.05) is 7.11 Å². The molecule has 0 bridgehead atoms. The van der Waals surface area contributed by atoms with Crippen LogP contribution in [0.25, 0.3) is 0 Å². The third kappa shape index (κ3) is 2.83. The molecule has 3 fully saturated rings. The van der Waals surface area contributed by atoms with Gasteiger partial charge in [0.15, 0.2) is 0 Å². The molecule has 3 aliphatic rings. The van der Waals surface area contributed by atoms with Gasteiger partial charge in [0, 0.05) is 11.3 Å². The van der Waals surface area contributed by atoms with Gasteiger partial charge >= 0.3 is 11.9 Å². The number of fused-ring (bicyclic) bond motifs is 2. The molecule has 0 aromatic heterocycles. The normalized spacial score (nSPS) is 28.9. The molecule has 2 aromatic rings. The second kappa shape index (κ2) is 7.46. The van der Waals surface area contributed by atoms with Crippen LogP contribution in [0, 0.1) is 17.3 Å². The lowest BCUT2D eigenvalue weighted by atomic mass is 9.64. The summed E-state index contributed by atoms with van der Waals surface area (Å²) in [5.74, 6) is -0.337. The Morgan fingerprint density at radius 2 is 1.67 bits per heavy atom. The standard InChI is InChI=1S/C25H26O5/c1-28-18-13-7-6-12-17(18)19-20-22(30-23(20)26)25(14-8-3-9-15-25)21(19)24(27)29-16-10-4-2-5-11-16/h2,4-7,10-13,19-22H,3,8-9,14-15H2,1H3/t19-,20-,21+,22-/m1/s1. The molecule has 4 atom stereocenters. The van der Waals surface area contributed by atoms with Crippen LogP contribution in [-0.2, 0) is 14.3 Å². The van der Waals surface area contributed by atoms with E-state index in [0.29, 0.717) is 11.5 Å². The lowest BCUT2D eigenvalue weighted by Gasteiger charge is -2.45. The van der Waals surface area contributed by atoms with Crippen LogP contribution in [0.4, 0.5) is 0 Å². The summed E-state index contributed by atoms with van der Waals surface area (Å²) >= 11 is 0. The minimum absolute atomic E-state index is 0.212. The Kier molecular flexibility index (Phi) is 4.76. The minimum Gasteiger partial charge on any atom is -0.496 e. The highest BCUT2D eigenvalue weighted by Gasteiger charge is 2.72. The Hall–Kier alpha value is -2.82. The van der Waals surface area contributed by atoms with Crippen LogP contribution < -0.4 is 9.47 Å². The molecule has 1 heterocycles. The van der Waals surface area contributed by atoms with Crippen molar-refractivity contribution in [2.24, 2.45) is 17.3 Å². The van der Waals surface area contributed by atoms with Crippen LogP contribution in [0.15, 0.2) is 54.6 Å². The molecule has 156 valence electrons. The van der Waals surface area contributed by atoms with E-state index >= 15 is 0 Å². The molecule has 5 heteroatoms. The highest BCUT2D eigenvalue weighted by Crippen LogP contribution is 2.66. The summed E-state index contributed by atoms with van der Waals surface area (Å²) < 4.78 is 17.2. The average molecular weight is 406 g/mol. The quantitative estimate of drug-likeness (QED) is 0.552. The highest BCUT2D eigenvalue weighted by atomic mass is 16.6. The third-order valence-corrected chi connectivity index (χ3v) is 7.27. The van der Waals surface area contributed by atoms with Crippen molar-refractivity contribution in [3.05, 3.63) is 60.2 Å².